The molecule has 5 rings (SSSR count). The van der Waals surface area contributed by atoms with E-state index in [1.807, 2.05) is 60.7 Å². The van der Waals surface area contributed by atoms with Crippen LogP contribution in [0.25, 0.3) is 5.76 Å². The monoisotopic (exact) mass is 454 g/mol. The highest BCUT2D eigenvalue weighted by Crippen LogP contribution is 2.66. The van der Waals surface area contributed by atoms with Crippen LogP contribution in [0.4, 0.5) is 0 Å². The van der Waals surface area contributed by atoms with E-state index in [0.717, 1.165) is 24.0 Å². The SMILES string of the molecule is CC1(C)C2CCC1(C)C(OC(=O)C1=C(N)OC(c3ccccc3)=C(C#N)C1c1ccccc1)C2. The van der Waals surface area contributed by atoms with E-state index in [9.17, 15) is 10.1 Å². The minimum absolute atomic E-state index is 0.00993. The van der Waals surface area contributed by atoms with Gasteiger partial charge in [0.25, 0.3) is 0 Å². The van der Waals surface area contributed by atoms with Crippen molar-refractivity contribution in [3.05, 3.63) is 88.8 Å². The standard InChI is InChI=1S/C29H30N2O3/c1-28(2)20-14-15-29(28,3)22(16-20)33-27(32)24-23(18-10-6-4-7-11-18)21(17-30)25(34-26(24)31)19-12-8-5-9-13-19/h4-13,20,22-23H,14-16,31H2,1-3H3. The van der Waals surface area contributed by atoms with Gasteiger partial charge in [0, 0.05) is 11.0 Å². The van der Waals surface area contributed by atoms with Gasteiger partial charge in [-0.2, -0.15) is 5.26 Å². The van der Waals surface area contributed by atoms with Crippen molar-refractivity contribution in [2.24, 2.45) is 22.5 Å². The lowest BCUT2D eigenvalue weighted by Crippen LogP contribution is -2.39. The molecular weight excluding hydrogens is 424 g/mol. The fourth-order valence-electron chi connectivity index (χ4n) is 6.26. The molecule has 3 aliphatic rings. The molecule has 5 nitrogen and oxygen atoms in total. The second-order valence-corrected chi connectivity index (χ2v) is 10.4. The number of hydrogen-bond donors (Lipinski definition) is 1. The van der Waals surface area contributed by atoms with E-state index in [0.29, 0.717) is 17.3 Å². The van der Waals surface area contributed by atoms with Gasteiger partial charge in [0.1, 0.15) is 11.7 Å². The summed E-state index contributed by atoms with van der Waals surface area (Å²) in [5.41, 5.74) is 8.51. The first-order valence-corrected chi connectivity index (χ1v) is 11.9. The molecule has 1 heterocycles. The third-order valence-corrected chi connectivity index (χ3v) is 8.77. The predicted molar refractivity (Wildman–Crippen MR) is 130 cm³/mol. The molecule has 4 unspecified atom stereocenters. The van der Waals surface area contributed by atoms with Gasteiger partial charge in [0.05, 0.1) is 17.6 Å². The van der Waals surface area contributed by atoms with Gasteiger partial charge in [0.2, 0.25) is 5.88 Å². The van der Waals surface area contributed by atoms with E-state index in [2.05, 4.69) is 26.8 Å². The predicted octanol–water partition coefficient (Wildman–Crippen LogP) is 5.66. The molecule has 2 N–H and O–H groups in total. The zero-order valence-corrected chi connectivity index (χ0v) is 19.9. The molecule has 2 saturated carbocycles. The Balaban J connectivity index is 1.55. The van der Waals surface area contributed by atoms with Gasteiger partial charge in [-0.3, -0.25) is 0 Å². The maximum atomic E-state index is 13.7. The maximum Gasteiger partial charge on any atom is 0.340 e. The van der Waals surface area contributed by atoms with Crippen LogP contribution in [-0.2, 0) is 14.3 Å². The second kappa shape index (κ2) is 8.06. The summed E-state index contributed by atoms with van der Waals surface area (Å²) in [5.74, 6) is -0.264. The first-order valence-electron chi connectivity index (χ1n) is 11.9. The van der Waals surface area contributed by atoms with E-state index in [1.54, 1.807) is 0 Å². The number of rotatable bonds is 4. The highest BCUT2D eigenvalue weighted by molar-refractivity contribution is 5.94. The molecule has 0 spiro atoms. The molecular formula is C29H30N2O3. The van der Waals surface area contributed by atoms with Crippen molar-refractivity contribution in [3.8, 4) is 6.07 Å². The lowest BCUT2D eigenvalue weighted by molar-refractivity contribution is -0.152. The van der Waals surface area contributed by atoms with Gasteiger partial charge >= 0.3 is 5.97 Å². The Bertz CT molecular complexity index is 1220. The molecule has 0 saturated heterocycles. The lowest BCUT2D eigenvalue weighted by Gasteiger charge is -2.39. The van der Waals surface area contributed by atoms with Crippen LogP contribution < -0.4 is 5.73 Å². The molecule has 2 aromatic rings. The molecule has 2 fully saturated rings. The topological polar surface area (TPSA) is 85.3 Å². The van der Waals surface area contributed by atoms with E-state index >= 15 is 0 Å². The number of allylic oxidation sites excluding steroid dienone is 1. The average Bonchev–Trinajstić information content (AvgIpc) is 3.18. The zero-order chi connectivity index (χ0) is 24.1. The summed E-state index contributed by atoms with van der Waals surface area (Å²) >= 11 is 0. The number of ether oxygens (including phenoxy) is 2. The molecule has 2 aliphatic carbocycles. The summed E-state index contributed by atoms with van der Waals surface area (Å²) in [6.45, 7) is 6.80. The van der Waals surface area contributed by atoms with Crippen molar-refractivity contribution in [2.75, 3.05) is 0 Å². The van der Waals surface area contributed by atoms with E-state index in [4.69, 9.17) is 15.2 Å². The lowest BCUT2D eigenvalue weighted by atomic mass is 9.70. The normalized spacial score (nSPS) is 29.5. The van der Waals surface area contributed by atoms with Gasteiger partial charge in [-0.25, -0.2) is 4.79 Å². The molecule has 0 amide bonds. The average molecular weight is 455 g/mol. The molecule has 1 aliphatic heterocycles. The second-order valence-electron chi connectivity index (χ2n) is 10.4. The van der Waals surface area contributed by atoms with Crippen LogP contribution >= 0.6 is 0 Å². The van der Waals surface area contributed by atoms with E-state index < -0.39 is 11.9 Å². The summed E-state index contributed by atoms with van der Waals surface area (Å²) in [5, 5.41) is 10.2. The Morgan fingerprint density at radius 3 is 2.29 bits per heavy atom. The minimum Gasteiger partial charge on any atom is -0.458 e. The highest BCUT2D eigenvalue weighted by atomic mass is 16.5. The Hall–Kier alpha value is -3.52. The summed E-state index contributed by atoms with van der Waals surface area (Å²) in [6, 6.07) is 21.2. The number of carbonyl (C=O) groups excluding carboxylic acids is 1. The highest BCUT2D eigenvalue weighted by Gasteiger charge is 2.63. The first kappa shape index (κ1) is 22.3. The van der Waals surface area contributed by atoms with Crippen LogP contribution in [-0.4, -0.2) is 12.1 Å². The van der Waals surface area contributed by atoms with Crippen LogP contribution in [0.15, 0.2) is 77.7 Å². The molecule has 0 radical (unpaired) electrons. The number of nitrogens with zero attached hydrogens (tertiary/aromatic N) is 1. The Morgan fingerprint density at radius 2 is 1.74 bits per heavy atom. The number of hydrogen-bond acceptors (Lipinski definition) is 5. The first-order chi connectivity index (χ1) is 16.3. The van der Waals surface area contributed by atoms with Crippen molar-refractivity contribution in [1.29, 1.82) is 5.26 Å². The van der Waals surface area contributed by atoms with Crippen molar-refractivity contribution in [3.63, 3.8) is 0 Å². The zero-order valence-electron chi connectivity index (χ0n) is 19.9. The quantitative estimate of drug-likeness (QED) is 0.602. The van der Waals surface area contributed by atoms with E-state index in [-0.39, 0.29) is 28.4 Å². The van der Waals surface area contributed by atoms with Crippen molar-refractivity contribution < 1.29 is 14.3 Å². The van der Waals surface area contributed by atoms with Gasteiger partial charge in [-0.1, -0.05) is 81.4 Å². The number of benzene rings is 2. The van der Waals surface area contributed by atoms with Crippen LogP contribution in [0.1, 0.15) is 57.1 Å². The van der Waals surface area contributed by atoms with Gasteiger partial charge in [0.15, 0.2) is 5.76 Å². The van der Waals surface area contributed by atoms with Crippen molar-refractivity contribution >= 4 is 11.7 Å². The maximum absolute atomic E-state index is 13.7. The van der Waals surface area contributed by atoms with Crippen LogP contribution in [0.3, 0.4) is 0 Å². The van der Waals surface area contributed by atoms with Crippen LogP contribution in [0, 0.1) is 28.1 Å². The summed E-state index contributed by atoms with van der Waals surface area (Å²) < 4.78 is 12.2. The fraction of sp³-hybridized carbons (Fsp3) is 0.379. The van der Waals surface area contributed by atoms with Gasteiger partial charge in [-0.05, 0) is 36.2 Å². The summed E-state index contributed by atoms with van der Waals surface area (Å²) in [7, 11) is 0. The minimum atomic E-state index is -0.665. The van der Waals surface area contributed by atoms with Crippen LogP contribution in [0.5, 0.6) is 0 Å². The smallest absolute Gasteiger partial charge is 0.340 e. The number of esters is 1. The van der Waals surface area contributed by atoms with Gasteiger partial charge < -0.3 is 15.2 Å². The third kappa shape index (κ3) is 3.24. The van der Waals surface area contributed by atoms with Crippen molar-refractivity contribution in [2.45, 2.75) is 52.1 Å². The fourth-order valence-corrected chi connectivity index (χ4v) is 6.26. The van der Waals surface area contributed by atoms with Crippen LogP contribution in [0.2, 0.25) is 0 Å². The Labute approximate surface area is 200 Å². The summed E-state index contributed by atoms with van der Waals surface area (Å²) in [6.07, 6.45) is 2.88. The Kier molecular flexibility index (Phi) is 5.28. The molecule has 4 atom stereocenters. The number of nitriles is 1. The molecule has 2 bridgehead atoms. The van der Waals surface area contributed by atoms with Crippen molar-refractivity contribution in [1.82, 2.24) is 0 Å². The number of carbonyl (C=O) groups is 1. The number of nitrogens with two attached hydrogens (primary N) is 1. The molecule has 34 heavy (non-hydrogen) atoms. The molecule has 174 valence electrons. The Morgan fingerprint density at radius 1 is 1.09 bits per heavy atom. The summed E-state index contributed by atoms with van der Waals surface area (Å²) in [4.78, 5) is 13.7. The van der Waals surface area contributed by atoms with Gasteiger partial charge in [-0.15, -0.1) is 0 Å². The molecule has 0 aromatic heterocycles. The molecule has 2 aromatic carbocycles. The van der Waals surface area contributed by atoms with E-state index in [1.165, 1.54) is 6.42 Å². The largest absolute Gasteiger partial charge is 0.458 e. The molecule has 5 heteroatoms. The number of fused-ring (bicyclic) bond motifs is 2. The third-order valence-electron chi connectivity index (χ3n) is 8.77.